The Morgan fingerprint density at radius 2 is 2.00 bits per heavy atom. The predicted octanol–water partition coefficient (Wildman–Crippen LogP) is 3.22. The number of nitrogens with two attached hydrogens (primary N) is 1. The fourth-order valence-electron chi connectivity index (χ4n) is 2.48. The first kappa shape index (κ1) is 15.6. The zero-order valence-corrected chi connectivity index (χ0v) is 12.2. The van der Waals surface area contributed by atoms with Crippen molar-refractivity contribution < 1.29 is 9.53 Å². The van der Waals surface area contributed by atoms with Gasteiger partial charge in [0.25, 0.3) is 0 Å². The molecule has 19 heavy (non-hydrogen) atoms. The molecular formula is C14H21ClN2O2. The number of carbonyl (C=O) groups is 1. The minimum absolute atomic E-state index is 0. The van der Waals surface area contributed by atoms with Gasteiger partial charge in [-0.15, -0.1) is 12.4 Å². The first-order chi connectivity index (χ1) is 8.55. The molecule has 2 rings (SSSR count). The molecule has 3 N–H and O–H groups in total. The second kappa shape index (κ2) is 6.15. The highest BCUT2D eigenvalue weighted by molar-refractivity contribution is 5.95. The van der Waals surface area contributed by atoms with Gasteiger partial charge in [-0.3, -0.25) is 4.79 Å². The zero-order chi connectivity index (χ0) is 13.2. The highest BCUT2D eigenvalue weighted by Crippen LogP contribution is 2.38. The van der Waals surface area contributed by atoms with Crippen LogP contribution in [0.1, 0.15) is 32.6 Å². The van der Waals surface area contributed by atoms with E-state index in [0.717, 1.165) is 31.4 Å². The molecule has 1 aliphatic rings. The number of halogens is 1. The summed E-state index contributed by atoms with van der Waals surface area (Å²) in [6.45, 7) is 2.03. The molecule has 106 valence electrons. The Kier molecular flexibility index (Phi) is 5.06. The molecule has 0 atom stereocenters. The van der Waals surface area contributed by atoms with Crippen LogP contribution >= 0.6 is 12.4 Å². The highest BCUT2D eigenvalue weighted by Gasteiger charge is 2.36. The summed E-state index contributed by atoms with van der Waals surface area (Å²) in [6, 6.07) is 5.31. The number of benzene rings is 1. The van der Waals surface area contributed by atoms with E-state index in [1.165, 1.54) is 0 Å². The van der Waals surface area contributed by atoms with Crippen LogP contribution in [0.3, 0.4) is 0 Å². The summed E-state index contributed by atoms with van der Waals surface area (Å²) in [5.74, 6) is 0.713. The largest absolute Gasteiger partial charge is 0.495 e. The Morgan fingerprint density at radius 1 is 1.37 bits per heavy atom. The number of hydrogen-bond donors (Lipinski definition) is 2. The maximum atomic E-state index is 12.2. The van der Waals surface area contributed by atoms with Gasteiger partial charge in [-0.25, -0.2) is 0 Å². The number of methoxy groups -OCH3 is 1. The maximum absolute atomic E-state index is 12.2. The van der Waals surface area contributed by atoms with E-state index in [2.05, 4.69) is 5.32 Å². The third kappa shape index (κ3) is 3.32. The standard InChI is InChI=1S/C14H20N2O2.ClH/c1-14(7-3-4-8-14)13(17)16-10-5-6-12(18-2)11(15)9-10;/h5-6,9H,3-4,7-8,15H2,1-2H3,(H,16,17);1H. The van der Waals surface area contributed by atoms with Crippen molar-refractivity contribution in [1.82, 2.24) is 0 Å². The number of carbonyl (C=O) groups excluding carboxylic acids is 1. The van der Waals surface area contributed by atoms with Crippen molar-refractivity contribution in [3.63, 3.8) is 0 Å². The number of anilines is 2. The summed E-state index contributed by atoms with van der Waals surface area (Å²) in [7, 11) is 1.57. The Labute approximate surface area is 120 Å². The van der Waals surface area contributed by atoms with E-state index in [1.54, 1.807) is 19.2 Å². The van der Waals surface area contributed by atoms with Gasteiger partial charge in [0.05, 0.1) is 12.8 Å². The number of rotatable bonds is 3. The number of nitrogen functional groups attached to an aromatic ring is 1. The average Bonchev–Trinajstić information content (AvgIpc) is 2.78. The van der Waals surface area contributed by atoms with Crippen molar-refractivity contribution in [3.8, 4) is 5.75 Å². The molecule has 0 bridgehead atoms. The van der Waals surface area contributed by atoms with Gasteiger partial charge in [0.2, 0.25) is 5.91 Å². The average molecular weight is 285 g/mol. The smallest absolute Gasteiger partial charge is 0.230 e. The molecule has 0 spiro atoms. The highest BCUT2D eigenvalue weighted by atomic mass is 35.5. The van der Waals surface area contributed by atoms with Crippen molar-refractivity contribution >= 4 is 29.7 Å². The van der Waals surface area contributed by atoms with Crippen molar-refractivity contribution in [1.29, 1.82) is 0 Å². The van der Waals surface area contributed by atoms with Gasteiger partial charge in [0.15, 0.2) is 0 Å². The Morgan fingerprint density at radius 3 is 2.53 bits per heavy atom. The van der Waals surface area contributed by atoms with Crippen molar-refractivity contribution in [2.24, 2.45) is 5.41 Å². The lowest BCUT2D eigenvalue weighted by atomic mass is 9.88. The molecule has 1 fully saturated rings. The van der Waals surface area contributed by atoms with E-state index in [-0.39, 0.29) is 23.7 Å². The number of hydrogen-bond acceptors (Lipinski definition) is 3. The first-order valence-electron chi connectivity index (χ1n) is 6.30. The SMILES string of the molecule is COc1ccc(NC(=O)C2(C)CCCC2)cc1N.Cl. The van der Waals surface area contributed by atoms with Gasteiger partial charge in [-0.1, -0.05) is 19.8 Å². The van der Waals surface area contributed by atoms with Gasteiger partial charge < -0.3 is 15.8 Å². The van der Waals surface area contributed by atoms with E-state index in [0.29, 0.717) is 11.4 Å². The van der Waals surface area contributed by atoms with Crippen molar-refractivity contribution in [2.75, 3.05) is 18.2 Å². The van der Waals surface area contributed by atoms with Gasteiger partial charge in [-0.05, 0) is 31.0 Å². The van der Waals surface area contributed by atoms with Gasteiger partial charge in [0.1, 0.15) is 5.75 Å². The minimum atomic E-state index is -0.227. The second-order valence-electron chi connectivity index (χ2n) is 5.18. The molecular weight excluding hydrogens is 264 g/mol. The Bertz CT molecular complexity index is 457. The van der Waals surface area contributed by atoms with Gasteiger partial charge in [-0.2, -0.15) is 0 Å². The van der Waals surface area contributed by atoms with Crippen LogP contribution in [-0.2, 0) is 4.79 Å². The second-order valence-corrected chi connectivity index (χ2v) is 5.18. The summed E-state index contributed by atoms with van der Waals surface area (Å²) < 4.78 is 5.09. The van der Waals surface area contributed by atoms with E-state index in [1.807, 2.05) is 13.0 Å². The molecule has 1 aliphatic carbocycles. The monoisotopic (exact) mass is 284 g/mol. The van der Waals surface area contributed by atoms with Gasteiger partial charge in [0, 0.05) is 11.1 Å². The van der Waals surface area contributed by atoms with Crippen LogP contribution < -0.4 is 15.8 Å². The van der Waals surface area contributed by atoms with Crippen LogP contribution in [0.4, 0.5) is 11.4 Å². The third-order valence-electron chi connectivity index (χ3n) is 3.74. The van der Waals surface area contributed by atoms with Crippen molar-refractivity contribution in [3.05, 3.63) is 18.2 Å². The fourth-order valence-corrected chi connectivity index (χ4v) is 2.48. The third-order valence-corrected chi connectivity index (χ3v) is 3.74. The number of amides is 1. The Balaban J connectivity index is 0.00000180. The molecule has 1 saturated carbocycles. The van der Waals surface area contributed by atoms with Crippen LogP contribution in [0.2, 0.25) is 0 Å². The normalized spacial score (nSPS) is 16.5. The van der Waals surface area contributed by atoms with Crippen LogP contribution in [0.5, 0.6) is 5.75 Å². The van der Waals surface area contributed by atoms with Crippen LogP contribution in [0.25, 0.3) is 0 Å². The van der Waals surface area contributed by atoms with E-state index < -0.39 is 0 Å². The lowest BCUT2D eigenvalue weighted by Gasteiger charge is -2.22. The molecule has 0 aromatic heterocycles. The zero-order valence-electron chi connectivity index (χ0n) is 11.4. The maximum Gasteiger partial charge on any atom is 0.230 e. The predicted molar refractivity (Wildman–Crippen MR) is 79.9 cm³/mol. The molecule has 5 heteroatoms. The van der Waals surface area contributed by atoms with E-state index in [4.69, 9.17) is 10.5 Å². The molecule has 1 aromatic rings. The van der Waals surface area contributed by atoms with Gasteiger partial charge >= 0.3 is 0 Å². The number of nitrogens with one attached hydrogen (secondary N) is 1. The van der Waals surface area contributed by atoms with E-state index in [9.17, 15) is 4.79 Å². The molecule has 1 amide bonds. The summed E-state index contributed by atoms with van der Waals surface area (Å²) in [4.78, 5) is 12.2. The molecule has 4 nitrogen and oxygen atoms in total. The summed E-state index contributed by atoms with van der Waals surface area (Å²) >= 11 is 0. The molecule has 0 unspecified atom stereocenters. The summed E-state index contributed by atoms with van der Waals surface area (Å²) in [5.41, 5.74) is 6.85. The summed E-state index contributed by atoms with van der Waals surface area (Å²) in [5, 5.41) is 2.94. The minimum Gasteiger partial charge on any atom is -0.495 e. The lowest BCUT2D eigenvalue weighted by molar-refractivity contribution is -0.124. The fraction of sp³-hybridized carbons (Fsp3) is 0.500. The molecule has 0 aliphatic heterocycles. The quantitative estimate of drug-likeness (QED) is 0.838. The van der Waals surface area contributed by atoms with Crippen LogP contribution in [0.15, 0.2) is 18.2 Å². The summed E-state index contributed by atoms with van der Waals surface area (Å²) in [6.07, 6.45) is 4.19. The van der Waals surface area contributed by atoms with E-state index >= 15 is 0 Å². The molecule has 0 saturated heterocycles. The van der Waals surface area contributed by atoms with Crippen LogP contribution in [0, 0.1) is 5.41 Å². The van der Waals surface area contributed by atoms with Crippen molar-refractivity contribution in [2.45, 2.75) is 32.6 Å². The topological polar surface area (TPSA) is 64.3 Å². The molecule has 0 radical (unpaired) electrons. The lowest BCUT2D eigenvalue weighted by Crippen LogP contribution is -2.30. The first-order valence-corrected chi connectivity index (χ1v) is 6.30. The van der Waals surface area contributed by atoms with Crippen LogP contribution in [-0.4, -0.2) is 13.0 Å². The number of ether oxygens (including phenoxy) is 1. The Hall–Kier alpha value is -1.42. The molecule has 0 heterocycles. The molecule has 1 aromatic carbocycles.